The number of aryl methyl sites for hydroxylation is 1. The highest BCUT2D eigenvalue weighted by molar-refractivity contribution is 6.30. The maximum absolute atomic E-state index is 12.5. The molecule has 1 aliphatic rings. The number of β-amino-alcohol motifs (C(OH)–C–C–N with tert-alkyl or cyclic N) is 1. The summed E-state index contributed by atoms with van der Waals surface area (Å²) in [6.45, 7) is 6.76. The van der Waals surface area contributed by atoms with E-state index in [-0.39, 0.29) is 5.91 Å². The lowest BCUT2D eigenvalue weighted by Crippen LogP contribution is -2.49. The Kier molecular flexibility index (Phi) is 6.41. The molecule has 1 aromatic carbocycles. The highest BCUT2D eigenvalue weighted by Crippen LogP contribution is 2.16. The van der Waals surface area contributed by atoms with Crippen molar-refractivity contribution in [2.45, 2.75) is 13.0 Å². The molecule has 6 heteroatoms. The third-order valence-electron chi connectivity index (χ3n) is 4.32. The molecule has 5 nitrogen and oxygen atoms in total. The molecular formula is C17H26ClN3O2. The number of aliphatic hydroxyl groups is 1. The van der Waals surface area contributed by atoms with Crippen LogP contribution in [-0.4, -0.2) is 85.2 Å². The first-order valence-electron chi connectivity index (χ1n) is 7.97. The van der Waals surface area contributed by atoms with Crippen LogP contribution in [0.5, 0.6) is 0 Å². The maximum Gasteiger partial charge on any atom is 0.253 e. The van der Waals surface area contributed by atoms with Crippen molar-refractivity contribution in [3.05, 3.63) is 34.3 Å². The number of likely N-dealkylation sites (N-methyl/N-ethyl adjacent to an activating group) is 2. The Labute approximate surface area is 143 Å². The van der Waals surface area contributed by atoms with Gasteiger partial charge in [0, 0.05) is 56.9 Å². The van der Waals surface area contributed by atoms with Crippen LogP contribution in [-0.2, 0) is 0 Å². The Morgan fingerprint density at radius 3 is 2.61 bits per heavy atom. The predicted octanol–water partition coefficient (Wildman–Crippen LogP) is 1.33. The molecule has 1 N–H and O–H groups in total. The van der Waals surface area contributed by atoms with Crippen LogP contribution in [0, 0.1) is 6.92 Å². The Balaban J connectivity index is 1.87. The molecule has 1 saturated heterocycles. The van der Waals surface area contributed by atoms with Gasteiger partial charge in [0.1, 0.15) is 0 Å². The summed E-state index contributed by atoms with van der Waals surface area (Å²) in [6, 6.07) is 5.24. The van der Waals surface area contributed by atoms with E-state index in [1.165, 1.54) is 0 Å². The van der Waals surface area contributed by atoms with E-state index in [9.17, 15) is 9.90 Å². The summed E-state index contributed by atoms with van der Waals surface area (Å²) >= 11 is 5.93. The minimum atomic E-state index is -0.542. The number of carbonyl (C=O) groups excluding carboxylic acids is 1. The first-order chi connectivity index (χ1) is 10.9. The number of hydrogen-bond donors (Lipinski definition) is 1. The van der Waals surface area contributed by atoms with E-state index in [4.69, 9.17) is 11.6 Å². The van der Waals surface area contributed by atoms with Gasteiger partial charge in [0.25, 0.3) is 5.91 Å². The normalized spacial score (nSPS) is 18.0. The Bertz CT molecular complexity index is 545. The van der Waals surface area contributed by atoms with E-state index in [0.29, 0.717) is 23.7 Å². The molecule has 1 heterocycles. The molecule has 23 heavy (non-hydrogen) atoms. The highest BCUT2D eigenvalue weighted by Gasteiger charge is 2.21. The fourth-order valence-corrected chi connectivity index (χ4v) is 3.08. The summed E-state index contributed by atoms with van der Waals surface area (Å²) in [5.74, 6) is -0.0865. The van der Waals surface area contributed by atoms with Gasteiger partial charge in [0.15, 0.2) is 0 Å². The molecule has 0 aromatic heterocycles. The topological polar surface area (TPSA) is 47.0 Å². The van der Waals surface area contributed by atoms with Crippen LogP contribution in [0.25, 0.3) is 0 Å². The van der Waals surface area contributed by atoms with Crippen LogP contribution in [0.15, 0.2) is 18.2 Å². The van der Waals surface area contributed by atoms with E-state index in [0.717, 1.165) is 31.7 Å². The van der Waals surface area contributed by atoms with Crippen molar-refractivity contribution in [3.8, 4) is 0 Å². The largest absolute Gasteiger partial charge is 0.390 e. The summed E-state index contributed by atoms with van der Waals surface area (Å²) in [7, 11) is 3.83. The molecule has 2 rings (SSSR count). The van der Waals surface area contributed by atoms with Crippen LogP contribution < -0.4 is 0 Å². The monoisotopic (exact) mass is 339 g/mol. The lowest BCUT2D eigenvalue weighted by Gasteiger charge is -2.34. The SMILES string of the molecule is Cc1cc(Cl)ccc1C(=O)N(C)CC(O)CN1CCN(C)CC1. The standard InChI is InChI=1S/C17H26ClN3O2/c1-13-10-14(18)4-5-16(13)17(23)20(3)11-15(22)12-21-8-6-19(2)7-9-21/h4-5,10,15,22H,6-9,11-12H2,1-3H3. The fraction of sp³-hybridized carbons (Fsp3) is 0.588. The fourth-order valence-electron chi connectivity index (χ4n) is 2.86. The second-order valence-electron chi connectivity index (χ2n) is 6.40. The van der Waals surface area contributed by atoms with Gasteiger partial charge in [-0.25, -0.2) is 0 Å². The van der Waals surface area contributed by atoms with Gasteiger partial charge >= 0.3 is 0 Å². The second-order valence-corrected chi connectivity index (χ2v) is 6.84. The molecule has 1 aromatic rings. The van der Waals surface area contributed by atoms with Crippen molar-refractivity contribution in [1.29, 1.82) is 0 Å². The summed E-state index contributed by atoms with van der Waals surface area (Å²) in [4.78, 5) is 18.6. The maximum atomic E-state index is 12.5. The molecule has 1 aliphatic heterocycles. The molecule has 1 unspecified atom stereocenters. The molecule has 0 radical (unpaired) electrons. The average Bonchev–Trinajstić information content (AvgIpc) is 2.49. The zero-order chi connectivity index (χ0) is 17.0. The van der Waals surface area contributed by atoms with Crippen LogP contribution in [0.3, 0.4) is 0 Å². The smallest absolute Gasteiger partial charge is 0.253 e. The number of halogens is 1. The first kappa shape index (κ1) is 18.2. The van der Waals surface area contributed by atoms with E-state index >= 15 is 0 Å². The van der Waals surface area contributed by atoms with Gasteiger partial charge < -0.3 is 14.9 Å². The number of rotatable bonds is 5. The number of carbonyl (C=O) groups is 1. The second kappa shape index (κ2) is 8.11. The summed E-state index contributed by atoms with van der Waals surface area (Å²) < 4.78 is 0. The third kappa shape index (κ3) is 5.18. The molecule has 0 aliphatic carbocycles. The summed E-state index contributed by atoms with van der Waals surface area (Å²) in [5.41, 5.74) is 1.48. The Hall–Kier alpha value is -1.14. The van der Waals surface area contributed by atoms with Crippen molar-refractivity contribution in [1.82, 2.24) is 14.7 Å². The van der Waals surface area contributed by atoms with Crippen LogP contribution in [0.2, 0.25) is 5.02 Å². The number of benzene rings is 1. The number of piperazine rings is 1. The van der Waals surface area contributed by atoms with Crippen LogP contribution in [0.1, 0.15) is 15.9 Å². The predicted molar refractivity (Wildman–Crippen MR) is 93.1 cm³/mol. The van der Waals surface area contributed by atoms with Crippen molar-refractivity contribution in [2.24, 2.45) is 0 Å². The zero-order valence-electron chi connectivity index (χ0n) is 14.1. The van der Waals surface area contributed by atoms with Gasteiger partial charge in [-0.15, -0.1) is 0 Å². The van der Waals surface area contributed by atoms with Crippen LogP contribution in [0.4, 0.5) is 0 Å². The highest BCUT2D eigenvalue weighted by atomic mass is 35.5. The molecule has 0 spiro atoms. The molecule has 0 saturated carbocycles. The van der Waals surface area contributed by atoms with E-state index in [2.05, 4.69) is 16.8 Å². The molecular weight excluding hydrogens is 314 g/mol. The number of aliphatic hydroxyl groups excluding tert-OH is 1. The van der Waals surface area contributed by atoms with Crippen molar-refractivity contribution < 1.29 is 9.90 Å². The minimum absolute atomic E-state index is 0.0865. The summed E-state index contributed by atoms with van der Waals surface area (Å²) in [6.07, 6.45) is -0.542. The summed E-state index contributed by atoms with van der Waals surface area (Å²) in [5, 5.41) is 10.9. The third-order valence-corrected chi connectivity index (χ3v) is 4.55. The average molecular weight is 340 g/mol. The molecule has 1 fully saturated rings. The van der Waals surface area contributed by atoms with Crippen molar-refractivity contribution in [3.63, 3.8) is 0 Å². The molecule has 1 amide bonds. The number of amides is 1. The number of nitrogens with zero attached hydrogens (tertiary/aromatic N) is 3. The molecule has 128 valence electrons. The number of hydrogen-bond acceptors (Lipinski definition) is 4. The van der Waals surface area contributed by atoms with Crippen molar-refractivity contribution in [2.75, 3.05) is 53.4 Å². The molecule has 0 bridgehead atoms. The lowest BCUT2D eigenvalue weighted by atomic mass is 10.1. The van der Waals surface area contributed by atoms with Gasteiger partial charge in [0.2, 0.25) is 0 Å². The van der Waals surface area contributed by atoms with Crippen molar-refractivity contribution >= 4 is 17.5 Å². The van der Waals surface area contributed by atoms with Gasteiger partial charge in [-0.2, -0.15) is 0 Å². The van der Waals surface area contributed by atoms with Crippen LogP contribution >= 0.6 is 11.6 Å². The van der Waals surface area contributed by atoms with E-state index in [1.807, 2.05) is 6.92 Å². The lowest BCUT2D eigenvalue weighted by molar-refractivity contribution is 0.0501. The minimum Gasteiger partial charge on any atom is -0.390 e. The Morgan fingerprint density at radius 2 is 2.00 bits per heavy atom. The van der Waals surface area contributed by atoms with Gasteiger partial charge in [0.05, 0.1) is 6.10 Å². The zero-order valence-corrected chi connectivity index (χ0v) is 14.9. The van der Waals surface area contributed by atoms with Gasteiger partial charge in [-0.05, 0) is 37.7 Å². The molecule has 1 atom stereocenters. The Morgan fingerprint density at radius 1 is 1.35 bits per heavy atom. The van der Waals surface area contributed by atoms with Gasteiger partial charge in [-0.3, -0.25) is 9.69 Å². The van der Waals surface area contributed by atoms with E-state index < -0.39 is 6.10 Å². The van der Waals surface area contributed by atoms with E-state index in [1.54, 1.807) is 30.1 Å². The first-order valence-corrected chi connectivity index (χ1v) is 8.35. The quantitative estimate of drug-likeness (QED) is 0.879. The van der Waals surface area contributed by atoms with Gasteiger partial charge in [-0.1, -0.05) is 11.6 Å².